The van der Waals surface area contributed by atoms with E-state index in [1.807, 2.05) is 0 Å². The predicted octanol–water partition coefficient (Wildman–Crippen LogP) is 2.43. The lowest BCUT2D eigenvalue weighted by molar-refractivity contribution is -0.141. The summed E-state index contributed by atoms with van der Waals surface area (Å²) in [5.74, 6) is 0. The van der Waals surface area contributed by atoms with Crippen LogP contribution in [-0.4, -0.2) is 11.7 Å². The Morgan fingerprint density at radius 3 is 2.33 bits per heavy atom. The van der Waals surface area contributed by atoms with Crippen LogP contribution in [0.4, 0.5) is 18.9 Å². The van der Waals surface area contributed by atoms with Crippen molar-refractivity contribution in [3.63, 3.8) is 0 Å². The Labute approximate surface area is 66.8 Å². The minimum absolute atomic E-state index is 0.322. The van der Waals surface area contributed by atoms with Crippen molar-refractivity contribution in [1.82, 2.24) is 4.98 Å². The van der Waals surface area contributed by atoms with Gasteiger partial charge in [-0.25, -0.2) is 4.98 Å². The fraction of sp³-hybridized carbons (Fsp3) is 0.143. The molecule has 0 fully saturated rings. The number of halogens is 3. The monoisotopic (exact) mass is 174 g/mol. The van der Waals surface area contributed by atoms with E-state index in [1.165, 1.54) is 6.07 Å². The van der Waals surface area contributed by atoms with Crippen LogP contribution in [0.3, 0.4) is 0 Å². The summed E-state index contributed by atoms with van der Waals surface area (Å²) in [6.07, 6.45) is -3.37. The molecule has 2 nitrogen and oxygen atoms in total. The molecule has 0 saturated heterocycles. The van der Waals surface area contributed by atoms with Crippen molar-refractivity contribution in [3.05, 3.63) is 24.0 Å². The zero-order valence-electron chi connectivity index (χ0n) is 5.97. The van der Waals surface area contributed by atoms with Crippen molar-refractivity contribution < 1.29 is 13.2 Å². The Morgan fingerprint density at radius 2 is 2.00 bits per heavy atom. The maximum Gasteiger partial charge on any atom is 0.433 e. The maximum atomic E-state index is 11.9. The van der Waals surface area contributed by atoms with Gasteiger partial charge in [-0.1, -0.05) is 0 Å². The van der Waals surface area contributed by atoms with Crippen LogP contribution in [0.2, 0.25) is 0 Å². The summed E-state index contributed by atoms with van der Waals surface area (Å²) in [7, 11) is 0. The van der Waals surface area contributed by atoms with Gasteiger partial charge in [0.05, 0.1) is 11.9 Å². The van der Waals surface area contributed by atoms with Crippen molar-refractivity contribution in [2.24, 2.45) is 4.99 Å². The number of pyridine rings is 1. The second kappa shape index (κ2) is 2.92. The highest BCUT2D eigenvalue weighted by atomic mass is 19.4. The Balaban J connectivity index is 3.00. The molecule has 0 N–H and O–H groups in total. The van der Waals surface area contributed by atoms with Crippen molar-refractivity contribution >= 4 is 12.4 Å². The lowest BCUT2D eigenvalue weighted by Crippen LogP contribution is -2.06. The molecule has 1 heterocycles. The van der Waals surface area contributed by atoms with E-state index in [2.05, 4.69) is 16.7 Å². The topological polar surface area (TPSA) is 25.2 Å². The van der Waals surface area contributed by atoms with Crippen molar-refractivity contribution in [1.29, 1.82) is 0 Å². The number of aliphatic imine (C=N–C) groups is 1. The number of alkyl halides is 3. The van der Waals surface area contributed by atoms with Gasteiger partial charge in [0.2, 0.25) is 0 Å². The lowest BCUT2D eigenvalue weighted by atomic mass is 10.3. The molecule has 0 unspecified atom stereocenters. The van der Waals surface area contributed by atoms with Crippen LogP contribution in [0, 0.1) is 0 Å². The maximum absolute atomic E-state index is 11.9. The molecule has 1 rings (SSSR count). The molecule has 0 aliphatic rings. The Kier molecular flexibility index (Phi) is 2.12. The van der Waals surface area contributed by atoms with Gasteiger partial charge < -0.3 is 0 Å². The molecule has 0 amide bonds. The molecule has 0 aliphatic heterocycles. The zero-order chi connectivity index (χ0) is 9.19. The fourth-order valence-electron chi connectivity index (χ4n) is 0.647. The fourth-order valence-corrected chi connectivity index (χ4v) is 0.647. The van der Waals surface area contributed by atoms with E-state index < -0.39 is 11.9 Å². The summed E-state index contributed by atoms with van der Waals surface area (Å²) in [5, 5.41) is 0. The van der Waals surface area contributed by atoms with E-state index in [9.17, 15) is 13.2 Å². The van der Waals surface area contributed by atoms with Crippen molar-refractivity contribution in [3.8, 4) is 0 Å². The third kappa shape index (κ3) is 1.81. The second-order valence-corrected chi connectivity index (χ2v) is 2.06. The SMILES string of the molecule is C=Nc1ccc(C(F)(F)F)nc1. The Morgan fingerprint density at radius 1 is 1.33 bits per heavy atom. The van der Waals surface area contributed by atoms with E-state index in [0.29, 0.717) is 5.69 Å². The molecule has 0 saturated carbocycles. The Hall–Kier alpha value is -1.39. The molecule has 0 aliphatic carbocycles. The van der Waals surface area contributed by atoms with Crippen LogP contribution in [0.25, 0.3) is 0 Å². The number of hydrogen-bond acceptors (Lipinski definition) is 2. The number of rotatable bonds is 1. The van der Waals surface area contributed by atoms with Crippen LogP contribution in [-0.2, 0) is 6.18 Å². The molecule has 0 aromatic carbocycles. The smallest absolute Gasteiger partial charge is 0.263 e. The van der Waals surface area contributed by atoms with E-state index in [1.54, 1.807) is 0 Å². The summed E-state index contributed by atoms with van der Waals surface area (Å²) < 4.78 is 35.7. The molecule has 1 aromatic heterocycles. The highest BCUT2D eigenvalue weighted by Crippen LogP contribution is 2.27. The second-order valence-electron chi connectivity index (χ2n) is 2.06. The minimum atomic E-state index is -4.39. The summed E-state index contributed by atoms with van der Waals surface area (Å²) >= 11 is 0. The Bertz CT molecular complexity index is 276. The third-order valence-corrected chi connectivity index (χ3v) is 1.22. The number of nitrogens with zero attached hydrogens (tertiary/aromatic N) is 2. The van der Waals surface area contributed by atoms with E-state index >= 15 is 0 Å². The molecule has 64 valence electrons. The quantitative estimate of drug-likeness (QED) is 0.600. The number of aromatic nitrogens is 1. The zero-order valence-corrected chi connectivity index (χ0v) is 5.97. The van der Waals surface area contributed by atoms with Crippen molar-refractivity contribution in [2.45, 2.75) is 6.18 Å². The molecular weight excluding hydrogens is 169 g/mol. The van der Waals surface area contributed by atoms with Crippen molar-refractivity contribution in [2.75, 3.05) is 0 Å². The van der Waals surface area contributed by atoms with Gasteiger partial charge >= 0.3 is 6.18 Å². The highest BCUT2D eigenvalue weighted by molar-refractivity contribution is 5.43. The molecular formula is C7H5F3N2. The van der Waals surface area contributed by atoms with Gasteiger partial charge in [0.25, 0.3) is 0 Å². The van der Waals surface area contributed by atoms with Gasteiger partial charge in [0.1, 0.15) is 5.69 Å². The first kappa shape index (κ1) is 8.70. The predicted molar refractivity (Wildman–Crippen MR) is 38.4 cm³/mol. The largest absolute Gasteiger partial charge is 0.433 e. The molecule has 12 heavy (non-hydrogen) atoms. The molecule has 1 aromatic rings. The van der Waals surface area contributed by atoms with Crippen LogP contribution < -0.4 is 0 Å². The van der Waals surface area contributed by atoms with Crippen LogP contribution >= 0.6 is 0 Å². The van der Waals surface area contributed by atoms with Crippen LogP contribution in [0.5, 0.6) is 0 Å². The summed E-state index contributed by atoms with van der Waals surface area (Å²) in [5.41, 5.74) is -0.599. The molecule has 0 radical (unpaired) electrons. The number of hydrogen-bond donors (Lipinski definition) is 0. The lowest BCUT2D eigenvalue weighted by Gasteiger charge is -2.03. The van der Waals surface area contributed by atoms with Gasteiger partial charge in [-0.05, 0) is 18.9 Å². The highest BCUT2D eigenvalue weighted by Gasteiger charge is 2.31. The molecule has 5 heteroatoms. The first-order valence-electron chi connectivity index (χ1n) is 3.04. The molecule has 0 atom stereocenters. The van der Waals surface area contributed by atoms with Gasteiger partial charge in [-0.3, -0.25) is 4.99 Å². The van der Waals surface area contributed by atoms with Gasteiger partial charge in [-0.15, -0.1) is 0 Å². The minimum Gasteiger partial charge on any atom is -0.263 e. The standard InChI is InChI=1S/C7H5F3N2/c1-11-5-2-3-6(12-4-5)7(8,9)10/h2-4H,1H2. The van der Waals surface area contributed by atoms with E-state index in [0.717, 1.165) is 12.3 Å². The normalized spacial score (nSPS) is 11.2. The van der Waals surface area contributed by atoms with Crippen LogP contribution in [0.15, 0.2) is 23.3 Å². The average molecular weight is 174 g/mol. The molecule has 0 bridgehead atoms. The van der Waals surface area contributed by atoms with E-state index in [4.69, 9.17) is 0 Å². The first-order chi connectivity index (χ1) is 5.54. The van der Waals surface area contributed by atoms with Crippen LogP contribution in [0.1, 0.15) is 5.69 Å². The summed E-state index contributed by atoms with van der Waals surface area (Å²) in [6, 6.07) is 2.08. The molecule has 0 spiro atoms. The van der Waals surface area contributed by atoms with Gasteiger partial charge in [0, 0.05) is 0 Å². The van der Waals surface area contributed by atoms with Gasteiger partial charge in [-0.2, -0.15) is 13.2 Å². The first-order valence-corrected chi connectivity index (χ1v) is 3.04. The van der Waals surface area contributed by atoms with E-state index in [-0.39, 0.29) is 0 Å². The third-order valence-electron chi connectivity index (χ3n) is 1.22. The summed E-state index contributed by atoms with van der Waals surface area (Å²) in [6.45, 7) is 3.15. The average Bonchev–Trinajstić information content (AvgIpc) is 2.03. The van der Waals surface area contributed by atoms with Gasteiger partial charge in [0.15, 0.2) is 0 Å². The summed E-state index contributed by atoms with van der Waals surface area (Å²) in [4.78, 5) is 6.58.